The third-order valence-corrected chi connectivity index (χ3v) is 5.09. The zero-order valence-corrected chi connectivity index (χ0v) is 17.8. The quantitative estimate of drug-likeness (QED) is 0.588. The van der Waals surface area contributed by atoms with Gasteiger partial charge in [0.25, 0.3) is 11.8 Å². The minimum Gasteiger partial charge on any atom is -0.454 e. The third kappa shape index (κ3) is 7.44. The molecule has 0 aliphatic heterocycles. The van der Waals surface area contributed by atoms with E-state index in [1.165, 1.54) is 0 Å². The second kappa shape index (κ2) is 11.5. The SMILES string of the molecule is CSCC[C@@H](NC(=O)c1ccccc1)C(=O)OCC(=O)Nc1ccc(C)c(Cl)c1. The Morgan fingerprint density at radius 2 is 1.86 bits per heavy atom. The second-order valence-electron chi connectivity index (χ2n) is 6.29. The van der Waals surface area contributed by atoms with E-state index in [1.807, 2.05) is 13.2 Å². The number of rotatable bonds is 9. The van der Waals surface area contributed by atoms with Crippen LogP contribution in [0.3, 0.4) is 0 Å². The minimum absolute atomic E-state index is 0.368. The number of hydrogen-bond acceptors (Lipinski definition) is 5. The van der Waals surface area contributed by atoms with Crippen molar-refractivity contribution in [1.82, 2.24) is 5.32 Å². The van der Waals surface area contributed by atoms with Gasteiger partial charge in [0.05, 0.1) is 0 Å². The molecule has 2 N–H and O–H groups in total. The number of ether oxygens (including phenoxy) is 1. The molecule has 29 heavy (non-hydrogen) atoms. The number of amides is 2. The number of benzene rings is 2. The molecule has 2 amide bonds. The first-order chi connectivity index (χ1) is 13.9. The largest absolute Gasteiger partial charge is 0.454 e. The Balaban J connectivity index is 1.91. The van der Waals surface area contributed by atoms with Crippen molar-refractivity contribution in [3.63, 3.8) is 0 Å². The van der Waals surface area contributed by atoms with Gasteiger partial charge in [-0.2, -0.15) is 11.8 Å². The molecule has 0 fully saturated rings. The van der Waals surface area contributed by atoms with Gasteiger partial charge in [0.1, 0.15) is 6.04 Å². The van der Waals surface area contributed by atoms with Gasteiger partial charge in [-0.1, -0.05) is 35.9 Å². The molecule has 6 nitrogen and oxygen atoms in total. The van der Waals surface area contributed by atoms with Gasteiger partial charge >= 0.3 is 5.97 Å². The van der Waals surface area contributed by atoms with Gasteiger partial charge in [0.15, 0.2) is 6.61 Å². The average molecular weight is 435 g/mol. The molecule has 0 spiro atoms. The van der Waals surface area contributed by atoms with Crippen LogP contribution in [0, 0.1) is 6.92 Å². The fourth-order valence-corrected chi connectivity index (χ4v) is 3.07. The molecule has 154 valence electrons. The summed E-state index contributed by atoms with van der Waals surface area (Å²) >= 11 is 7.58. The van der Waals surface area contributed by atoms with Gasteiger partial charge in [-0.3, -0.25) is 9.59 Å². The molecule has 0 aliphatic carbocycles. The standard InChI is InChI=1S/C21H23ClN2O4S/c1-14-8-9-16(12-17(14)22)23-19(25)13-28-21(27)18(10-11-29-2)24-20(26)15-6-4-3-5-7-15/h3-9,12,18H,10-11,13H2,1-2H3,(H,23,25)(H,24,26)/t18-/m1/s1. The van der Waals surface area contributed by atoms with Gasteiger partial charge in [0, 0.05) is 16.3 Å². The number of aryl methyl sites for hydroxylation is 1. The van der Waals surface area contributed by atoms with Crippen LogP contribution < -0.4 is 10.6 Å². The van der Waals surface area contributed by atoms with Crippen molar-refractivity contribution in [2.75, 3.05) is 23.9 Å². The van der Waals surface area contributed by atoms with Crippen LogP contribution in [0.2, 0.25) is 5.02 Å². The molecule has 0 saturated heterocycles. The van der Waals surface area contributed by atoms with Crippen LogP contribution in [0.15, 0.2) is 48.5 Å². The maximum absolute atomic E-state index is 12.4. The number of esters is 1. The smallest absolute Gasteiger partial charge is 0.329 e. The van der Waals surface area contributed by atoms with Crippen molar-refractivity contribution in [2.45, 2.75) is 19.4 Å². The normalized spacial score (nSPS) is 11.4. The van der Waals surface area contributed by atoms with E-state index in [0.29, 0.717) is 28.4 Å². The summed E-state index contributed by atoms with van der Waals surface area (Å²) in [4.78, 5) is 36.8. The van der Waals surface area contributed by atoms with E-state index in [9.17, 15) is 14.4 Å². The van der Waals surface area contributed by atoms with Gasteiger partial charge in [-0.05, 0) is 55.2 Å². The predicted octanol–water partition coefficient (Wildman–Crippen LogP) is 3.68. The van der Waals surface area contributed by atoms with Crippen LogP contribution in [0.25, 0.3) is 0 Å². The van der Waals surface area contributed by atoms with Crippen LogP contribution in [0.1, 0.15) is 22.3 Å². The highest BCUT2D eigenvalue weighted by molar-refractivity contribution is 7.98. The summed E-state index contributed by atoms with van der Waals surface area (Å²) in [6, 6.07) is 12.9. The van der Waals surface area contributed by atoms with Crippen molar-refractivity contribution in [3.05, 3.63) is 64.7 Å². The Morgan fingerprint density at radius 3 is 2.52 bits per heavy atom. The summed E-state index contributed by atoms with van der Waals surface area (Å²) in [5.74, 6) is -0.854. The second-order valence-corrected chi connectivity index (χ2v) is 7.69. The molecule has 0 saturated carbocycles. The highest BCUT2D eigenvalue weighted by Crippen LogP contribution is 2.19. The zero-order valence-electron chi connectivity index (χ0n) is 16.2. The lowest BCUT2D eigenvalue weighted by Gasteiger charge is -2.17. The van der Waals surface area contributed by atoms with E-state index in [0.717, 1.165) is 5.56 Å². The molecule has 2 rings (SSSR count). The highest BCUT2D eigenvalue weighted by Gasteiger charge is 2.23. The van der Waals surface area contributed by atoms with Crippen LogP contribution in [0.4, 0.5) is 5.69 Å². The molecule has 2 aromatic rings. The molecule has 0 radical (unpaired) electrons. The highest BCUT2D eigenvalue weighted by atomic mass is 35.5. The molecule has 8 heteroatoms. The minimum atomic E-state index is -0.836. The van der Waals surface area contributed by atoms with Crippen LogP contribution in [-0.4, -0.2) is 42.4 Å². The summed E-state index contributed by atoms with van der Waals surface area (Å²) in [5, 5.41) is 5.83. The Morgan fingerprint density at radius 1 is 1.14 bits per heavy atom. The topological polar surface area (TPSA) is 84.5 Å². The summed E-state index contributed by atoms with van der Waals surface area (Å²) in [5.41, 5.74) is 1.85. The maximum Gasteiger partial charge on any atom is 0.329 e. The first-order valence-corrected chi connectivity index (χ1v) is 10.8. The summed E-state index contributed by atoms with van der Waals surface area (Å²) in [6.45, 7) is 1.40. The van der Waals surface area contributed by atoms with E-state index < -0.39 is 24.5 Å². The van der Waals surface area contributed by atoms with Gasteiger partial charge < -0.3 is 15.4 Å². The first-order valence-electron chi connectivity index (χ1n) is 8.98. The van der Waals surface area contributed by atoms with E-state index in [-0.39, 0.29) is 5.91 Å². The molecule has 0 bridgehead atoms. The van der Waals surface area contributed by atoms with Gasteiger partial charge in [-0.15, -0.1) is 0 Å². The fourth-order valence-electron chi connectivity index (χ4n) is 2.42. The van der Waals surface area contributed by atoms with Gasteiger partial charge in [0.2, 0.25) is 0 Å². The molecular formula is C21H23ClN2O4S. The lowest BCUT2D eigenvalue weighted by molar-refractivity contribution is -0.149. The van der Waals surface area contributed by atoms with Crippen molar-refractivity contribution in [3.8, 4) is 0 Å². The monoisotopic (exact) mass is 434 g/mol. The summed E-state index contributed by atoms with van der Waals surface area (Å²) < 4.78 is 5.12. The Hall–Kier alpha value is -2.51. The third-order valence-electron chi connectivity index (χ3n) is 4.04. The van der Waals surface area contributed by atoms with Crippen molar-refractivity contribution >= 4 is 46.8 Å². The number of halogens is 1. The van der Waals surface area contributed by atoms with Crippen molar-refractivity contribution in [2.24, 2.45) is 0 Å². The van der Waals surface area contributed by atoms with Gasteiger partial charge in [-0.25, -0.2) is 4.79 Å². The van der Waals surface area contributed by atoms with Crippen LogP contribution >= 0.6 is 23.4 Å². The number of carbonyl (C=O) groups is 3. The number of anilines is 1. The lowest BCUT2D eigenvalue weighted by Crippen LogP contribution is -2.43. The van der Waals surface area contributed by atoms with E-state index in [4.69, 9.17) is 16.3 Å². The van der Waals surface area contributed by atoms with Crippen molar-refractivity contribution < 1.29 is 19.1 Å². The van der Waals surface area contributed by atoms with E-state index >= 15 is 0 Å². The molecule has 0 unspecified atom stereocenters. The average Bonchev–Trinajstić information content (AvgIpc) is 2.72. The van der Waals surface area contributed by atoms with E-state index in [2.05, 4.69) is 10.6 Å². The fraction of sp³-hybridized carbons (Fsp3) is 0.286. The predicted molar refractivity (Wildman–Crippen MR) is 116 cm³/mol. The molecule has 0 heterocycles. The summed E-state index contributed by atoms with van der Waals surface area (Å²) in [7, 11) is 0. The summed E-state index contributed by atoms with van der Waals surface area (Å²) in [6.07, 6.45) is 2.30. The number of nitrogens with one attached hydrogen (secondary N) is 2. The molecule has 1 atom stereocenters. The van der Waals surface area contributed by atoms with Crippen molar-refractivity contribution in [1.29, 1.82) is 0 Å². The number of thioether (sulfide) groups is 1. The van der Waals surface area contributed by atoms with E-state index in [1.54, 1.807) is 60.3 Å². The molecule has 0 aromatic heterocycles. The zero-order chi connectivity index (χ0) is 21.2. The molecular weight excluding hydrogens is 412 g/mol. The number of carbonyl (C=O) groups excluding carboxylic acids is 3. The van der Waals surface area contributed by atoms with Crippen LogP contribution in [-0.2, 0) is 14.3 Å². The number of hydrogen-bond donors (Lipinski definition) is 2. The first kappa shape index (κ1) is 22.8. The Kier molecular flexibility index (Phi) is 9.02. The molecule has 2 aromatic carbocycles. The van der Waals surface area contributed by atoms with Crippen LogP contribution in [0.5, 0.6) is 0 Å². The Bertz CT molecular complexity index is 861. The maximum atomic E-state index is 12.4. The molecule has 0 aliphatic rings. The Labute approximate surface area is 179 Å². The lowest BCUT2D eigenvalue weighted by atomic mass is 10.1.